The maximum atomic E-state index is 12.8. The molecule has 1 fully saturated rings. The molecule has 1 saturated heterocycles. The van der Waals surface area contributed by atoms with Gasteiger partial charge in [0.2, 0.25) is 0 Å². The molecule has 1 N–H and O–H groups in total. The highest BCUT2D eigenvalue weighted by Gasteiger charge is 2.46. The number of aliphatic hydroxyl groups is 1. The Kier molecular flexibility index (Phi) is 5.13. The van der Waals surface area contributed by atoms with Crippen LogP contribution in [-0.2, 0) is 9.59 Å². The number of hydrogen-bond donors (Lipinski definition) is 1. The normalized spacial score (nSPS) is 19.2. The molecule has 1 unspecified atom stereocenters. The first-order valence-electron chi connectivity index (χ1n) is 8.47. The van der Waals surface area contributed by atoms with E-state index in [1.54, 1.807) is 29.2 Å². The molecule has 2 heterocycles. The van der Waals surface area contributed by atoms with E-state index >= 15 is 0 Å². The van der Waals surface area contributed by atoms with Crippen LogP contribution in [0.4, 0.5) is 0 Å². The highest BCUT2D eigenvalue weighted by atomic mass is 32.1. The maximum Gasteiger partial charge on any atom is 0.295 e. The van der Waals surface area contributed by atoms with E-state index in [4.69, 9.17) is 4.74 Å². The Bertz CT molecular complexity index is 883. The number of nitrogens with zero attached hydrogens (tertiary/aromatic N) is 1. The maximum absolute atomic E-state index is 12.8. The molecule has 0 spiro atoms. The molecule has 0 radical (unpaired) electrons. The average molecular weight is 371 g/mol. The summed E-state index contributed by atoms with van der Waals surface area (Å²) in [5, 5.41) is 12.9. The smallest absolute Gasteiger partial charge is 0.295 e. The van der Waals surface area contributed by atoms with Gasteiger partial charge in [-0.05, 0) is 42.5 Å². The van der Waals surface area contributed by atoms with Crippen LogP contribution in [0, 0.1) is 6.92 Å². The van der Waals surface area contributed by atoms with Gasteiger partial charge in [0, 0.05) is 11.4 Å². The molecular weight excluding hydrogens is 350 g/mol. The van der Waals surface area contributed by atoms with Gasteiger partial charge in [0.25, 0.3) is 11.7 Å². The lowest BCUT2D eigenvalue weighted by molar-refractivity contribution is -0.139. The summed E-state index contributed by atoms with van der Waals surface area (Å²) >= 11 is 1.48. The van der Waals surface area contributed by atoms with Crippen molar-refractivity contribution in [1.29, 1.82) is 0 Å². The number of carbonyl (C=O) groups excluding carboxylic acids is 2. The second-order valence-corrected chi connectivity index (χ2v) is 7.11. The Hall–Kier alpha value is -2.60. The van der Waals surface area contributed by atoms with Crippen LogP contribution in [-0.4, -0.2) is 35.4 Å². The quantitative estimate of drug-likeness (QED) is 0.492. The fraction of sp³-hybridized carbons (Fsp3) is 0.300. The average Bonchev–Trinajstić information content (AvgIpc) is 3.17. The highest BCUT2D eigenvalue weighted by molar-refractivity contribution is 7.10. The zero-order chi connectivity index (χ0) is 18.8. The first kappa shape index (κ1) is 18.2. The zero-order valence-electron chi connectivity index (χ0n) is 15.0. The first-order chi connectivity index (χ1) is 12.5. The van der Waals surface area contributed by atoms with Crippen LogP contribution >= 0.6 is 11.3 Å². The van der Waals surface area contributed by atoms with Crippen LogP contribution in [0.1, 0.15) is 35.4 Å². The van der Waals surface area contributed by atoms with E-state index in [9.17, 15) is 14.7 Å². The number of para-hydroxylation sites is 1. The number of carbonyl (C=O) groups is 2. The topological polar surface area (TPSA) is 66.8 Å². The number of amides is 1. The van der Waals surface area contributed by atoms with Crippen LogP contribution in [0.3, 0.4) is 0 Å². The Morgan fingerprint density at radius 1 is 1.27 bits per heavy atom. The van der Waals surface area contributed by atoms with Gasteiger partial charge in [-0.2, -0.15) is 0 Å². The molecule has 0 aliphatic carbocycles. The molecular formula is C20H21NO4S. The second kappa shape index (κ2) is 7.33. The summed E-state index contributed by atoms with van der Waals surface area (Å²) in [6, 6.07) is 8.31. The second-order valence-electron chi connectivity index (χ2n) is 6.16. The minimum absolute atomic E-state index is 0.124. The monoisotopic (exact) mass is 371 g/mol. The molecule has 0 bridgehead atoms. The highest BCUT2D eigenvalue weighted by Crippen LogP contribution is 2.43. The van der Waals surface area contributed by atoms with Crippen molar-refractivity contribution in [3.05, 3.63) is 57.3 Å². The molecule has 26 heavy (non-hydrogen) atoms. The van der Waals surface area contributed by atoms with E-state index in [0.29, 0.717) is 17.9 Å². The van der Waals surface area contributed by atoms with Crippen LogP contribution in [0.15, 0.2) is 41.3 Å². The van der Waals surface area contributed by atoms with Gasteiger partial charge in [-0.1, -0.05) is 19.1 Å². The van der Waals surface area contributed by atoms with Crippen molar-refractivity contribution >= 4 is 28.8 Å². The van der Waals surface area contributed by atoms with Gasteiger partial charge in [-0.3, -0.25) is 9.59 Å². The lowest BCUT2D eigenvalue weighted by atomic mass is 9.98. The third kappa shape index (κ3) is 2.90. The number of thiophene rings is 1. The van der Waals surface area contributed by atoms with Gasteiger partial charge >= 0.3 is 0 Å². The number of likely N-dealkylation sites (tertiary alicyclic amines) is 1. The van der Waals surface area contributed by atoms with Crippen molar-refractivity contribution in [2.45, 2.75) is 26.3 Å². The van der Waals surface area contributed by atoms with Crippen LogP contribution in [0.25, 0.3) is 5.76 Å². The summed E-state index contributed by atoms with van der Waals surface area (Å²) in [7, 11) is 1.50. The third-order valence-corrected chi connectivity index (χ3v) is 5.59. The Balaban J connectivity index is 2.23. The van der Waals surface area contributed by atoms with Crippen LogP contribution in [0.5, 0.6) is 5.75 Å². The Morgan fingerprint density at radius 2 is 2.00 bits per heavy atom. The molecule has 1 aliphatic rings. The number of methoxy groups -OCH3 is 1. The molecule has 5 nitrogen and oxygen atoms in total. The number of Topliss-reactive ketones (excluding diaryl/α,β-unsaturated/α-hetero) is 1. The molecule has 1 amide bonds. The predicted octanol–water partition coefficient (Wildman–Crippen LogP) is 3.90. The Labute approximate surface area is 156 Å². The molecule has 1 aromatic carbocycles. The van der Waals surface area contributed by atoms with Gasteiger partial charge in [0.1, 0.15) is 11.5 Å². The van der Waals surface area contributed by atoms with Crippen molar-refractivity contribution in [3.8, 4) is 5.75 Å². The van der Waals surface area contributed by atoms with Gasteiger partial charge in [-0.25, -0.2) is 0 Å². The molecule has 0 saturated carbocycles. The van der Waals surface area contributed by atoms with E-state index in [-0.39, 0.29) is 11.3 Å². The summed E-state index contributed by atoms with van der Waals surface area (Å²) in [5.74, 6) is -0.966. The van der Waals surface area contributed by atoms with Crippen LogP contribution in [0.2, 0.25) is 0 Å². The number of benzene rings is 1. The van der Waals surface area contributed by atoms with E-state index in [1.165, 1.54) is 18.4 Å². The van der Waals surface area contributed by atoms with Gasteiger partial charge in [0.15, 0.2) is 0 Å². The lowest BCUT2D eigenvalue weighted by Gasteiger charge is -2.24. The SMILES string of the molecule is CCCN1C(=O)C(=O)/C(=C(/O)c2ccccc2OC)C1c1sccc1C. The first-order valence-corrected chi connectivity index (χ1v) is 9.35. The minimum Gasteiger partial charge on any atom is -0.507 e. The number of rotatable bonds is 5. The lowest BCUT2D eigenvalue weighted by Crippen LogP contribution is -2.30. The van der Waals surface area contributed by atoms with Crippen molar-refractivity contribution in [2.24, 2.45) is 0 Å². The van der Waals surface area contributed by atoms with E-state index < -0.39 is 17.7 Å². The molecule has 1 aromatic heterocycles. The molecule has 136 valence electrons. The standard InChI is InChI=1S/C20H21NO4S/c1-4-10-21-16(19-12(2)9-11-26-19)15(18(23)20(21)24)17(22)13-7-5-6-8-14(13)25-3/h5-9,11,16,22H,4,10H2,1-3H3/b17-15+. The molecule has 3 rings (SSSR count). The molecule has 1 atom stereocenters. The minimum atomic E-state index is -0.653. The molecule has 1 aliphatic heterocycles. The predicted molar refractivity (Wildman–Crippen MR) is 101 cm³/mol. The fourth-order valence-electron chi connectivity index (χ4n) is 3.27. The number of aryl methyl sites for hydroxylation is 1. The summed E-state index contributed by atoms with van der Waals surface area (Å²) in [6.07, 6.45) is 0.725. The summed E-state index contributed by atoms with van der Waals surface area (Å²) in [5.41, 5.74) is 1.52. The fourth-order valence-corrected chi connectivity index (χ4v) is 4.32. The number of hydrogen-bond acceptors (Lipinski definition) is 5. The summed E-state index contributed by atoms with van der Waals surface area (Å²) in [6.45, 7) is 4.36. The number of ketones is 1. The summed E-state index contributed by atoms with van der Waals surface area (Å²) < 4.78 is 5.31. The number of aliphatic hydroxyl groups excluding tert-OH is 1. The largest absolute Gasteiger partial charge is 0.507 e. The van der Waals surface area contributed by atoms with Crippen molar-refractivity contribution < 1.29 is 19.4 Å². The van der Waals surface area contributed by atoms with Gasteiger partial charge < -0.3 is 14.7 Å². The van der Waals surface area contributed by atoms with E-state index in [0.717, 1.165) is 16.9 Å². The van der Waals surface area contributed by atoms with Crippen molar-refractivity contribution in [2.75, 3.05) is 13.7 Å². The van der Waals surface area contributed by atoms with Crippen LogP contribution < -0.4 is 4.74 Å². The van der Waals surface area contributed by atoms with E-state index in [1.807, 2.05) is 25.3 Å². The third-order valence-electron chi connectivity index (χ3n) is 4.52. The zero-order valence-corrected chi connectivity index (χ0v) is 15.8. The molecule has 6 heteroatoms. The van der Waals surface area contributed by atoms with Crippen molar-refractivity contribution in [1.82, 2.24) is 4.90 Å². The van der Waals surface area contributed by atoms with Gasteiger partial charge in [-0.15, -0.1) is 11.3 Å². The number of ether oxygens (including phenoxy) is 1. The Morgan fingerprint density at radius 3 is 2.62 bits per heavy atom. The summed E-state index contributed by atoms with van der Waals surface area (Å²) in [4.78, 5) is 27.8. The molecule has 2 aromatic rings. The van der Waals surface area contributed by atoms with Crippen molar-refractivity contribution in [3.63, 3.8) is 0 Å². The van der Waals surface area contributed by atoms with E-state index in [2.05, 4.69) is 0 Å². The van der Waals surface area contributed by atoms with Gasteiger partial charge in [0.05, 0.1) is 24.3 Å².